The van der Waals surface area contributed by atoms with E-state index in [1.807, 2.05) is 0 Å². The van der Waals surface area contributed by atoms with Crippen LogP contribution in [0.4, 0.5) is 5.69 Å². The number of nitrogens with zero attached hydrogens (tertiary/aromatic N) is 3. The Labute approximate surface area is 118 Å². The molecule has 1 heterocycles. The Morgan fingerprint density at radius 1 is 1.50 bits per heavy atom. The van der Waals surface area contributed by atoms with Crippen LogP contribution in [0, 0.1) is 10.1 Å². The van der Waals surface area contributed by atoms with Gasteiger partial charge >= 0.3 is 0 Å². The van der Waals surface area contributed by atoms with Crippen molar-refractivity contribution in [2.75, 3.05) is 7.11 Å². The second-order valence-electron chi connectivity index (χ2n) is 3.90. The summed E-state index contributed by atoms with van der Waals surface area (Å²) in [7, 11) is 1.45. The van der Waals surface area contributed by atoms with E-state index in [2.05, 4.69) is 4.98 Å². The fourth-order valence-corrected chi connectivity index (χ4v) is 1.90. The lowest BCUT2D eigenvalue weighted by atomic mass is 10.1. The number of methoxy groups -OCH3 is 1. The standard InChI is InChI=1S/C12H10ClN3O4/c1-20-10-3-2-9(16(18)19)6-8(10)7-15-5-4-14-11(13)12(15)17/h2-6H,7H2,1H3. The van der Waals surface area contributed by atoms with Gasteiger partial charge in [0.05, 0.1) is 18.6 Å². The maximum absolute atomic E-state index is 11.8. The molecule has 0 radical (unpaired) electrons. The van der Waals surface area contributed by atoms with E-state index in [4.69, 9.17) is 16.3 Å². The zero-order valence-electron chi connectivity index (χ0n) is 10.4. The summed E-state index contributed by atoms with van der Waals surface area (Å²) in [4.78, 5) is 25.7. The third-order valence-electron chi connectivity index (χ3n) is 2.69. The third kappa shape index (κ3) is 2.77. The second kappa shape index (κ2) is 5.70. The lowest BCUT2D eigenvalue weighted by molar-refractivity contribution is -0.384. The van der Waals surface area contributed by atoms with Crippen molar-refractivity contribution in [3.8, 4) is 5.75 Å². The first-order valence-electron chi connectivity index (χ1n) is 5.55. The van der Waals surface area contributed by atoms with Crippen LogP contribution in [0.5, 0.6) is 5.75 Å². The van der Waals surface area contributed by atoms with Crippen LogP contribution in [0.25, 0.3) is 0 Å². The number of non-ortho nitro benzene ring substituents is 1. The molecule has 0 amide bonds. The Bertz CT molecular complexity index is 714. The van der Waals surface area contributed by atoms with Crippen molar-refractivity contribution in [1.82, 2.24) is 9.55 Å². The quantitative estimate of drug-likeness (QED) is 0.634. The highest BCUT2D eigenvalue weighted by atomic mass is 35.5. The summed E-state index contributed by atoms with van der Waals surface area (Å²) in [6, 6.07) is 4.19. The summed E-state index contributed by atoms with van der Waals surface area (Å²) >= 11 is 5.65. The van der Waals surface area contributed by atoms with Gasteiger partial charge in [-0.1, -0.05) is 11.6 Å². The number of rotatable bonds is 4. The zero-order valence-corrected chi connectivity index (χ0v) is 11.2. The van der Waals surface area contributed by atoms with Crippen LogP contribution in [0.2, 0.25) is 5.15 Å². The molecule has 0 aliphatic heterocycles. The maximum Gasteiger partial charge on any atom is 0.288 e. The smallest absolute Gasteiger partial charge is 0.288 e. The van der Waals surface area contributed by atoms with Crippen molar-refractivity contribution in [3.63, 3.8) is 0 Å². The summed E-state index contributed by atoms with van der Waals surface area (Å²) in [5, 5.41) is 10.6. The van der Waals surface area contributed by atoms with Gasteiger partial charge in [0.2, 0.25) is 0 Å². The maximum atomic E-state index is 11.8. The van der Waals surface area contributed by atoms with Crippen LogP contribution in [-0.4, -0.2) is 21.6 Å². The average molecular weight is 296 g/mol. The van der Waals surface area contributed by atoms with E-state index in [9.17, 15) is 14.9 Å². The zero-order chi connectivity index (χ0) is 14.7. The number of hydrogen-bond donors (Lipinski definition) is 0. The number of benzene rings is 1. The van der Waals surface area contributed by atoms with Crippen molar-refractivity contribution in [1.29, 1.82) is 0 Å². The van der Waals surface area contributed by atoms with E-state index in [1.54, 1.807) is 0 Å². The molecule has 0 aliphatic carbocycles. The minimum atomic E-state index is -0.509. The van der Waals surface area contributed by atoms with E-state index in [1.165, 1.54) is 42.3 Å². The molecule has 0 unspecified atom stereocenters. The molecule has 20 heavy (non-hydrogen) atoms. The van der Waals surface area contributed by atoms with Crippen molar-refractivity contribution >= 4 is 17.3 Å². The molecule has 2 aromatic rings. The number of hydrogen-bond acceptors (Lipinski definition) is 5. The van der Waals surface area contributed by atoms with Crippen molar-refractivity contribution in [2.24, 2.45) is 0 Å². The van der Waals surface area contributed by atoms with Crippen LogP contribution in [0.1, 0.15) is 5.56 Å². The summed E-state index contributed by atoms with van der Waals surface area (Å²) < 4.78 is 6.44. The van der Waals surface area contributed by atoms with Gasteiger partial charge in [0, 0.05) is 30.1 Å². The first-order valence-corrected chi connectivity index (χ1v) is 5.93. The van der Waals surface area contributed by atoms with Gasteiger partial charge < -0.3 is 9.30 Å². The van der Waals surface area contributed by atoms with Crippen molar-refractivity contribution < 1.29 is 9.66 Å². The van der Waals surface area contributed by atoms with Gasteiger partial charge in [-0.3, -0.25) is 14.9 Å². The Kier molecular flexibility index (Phi) is 3.99. The highest BCUT2D eigenvalue weighted by Crippen LogP contribution is 2.24. The van der Waals surface area contributed by atoms with Gasteiger partial charge in [0.25, 0.3) is 11.2 Å². The number of nitro benzene ring substituents is 1. The van der Waals surface area contributed by atoms with Gasteiger partial charge in [-0.05, 0) is 6.07 Å². The fraction of sp³-hybridized carbons (Fsp3) is 0.167. The van der Waals surface area contributed by atoms with Crippen LogP contribution in [-0.2, 0) is 6.54 Å². The number of ether oxygens (including phenoxy) is 1. The molecule has 104 valence electrons. The Morgan fingerprint density at radius 3 is 2.90 bits per heavy atom. The molecule has 0 spiro atoms. The highest BCUT2D eigenvalue weighted by Gasteiger charge is 2.13. The summed E-state index contributed by atoms with van der Waals surface area (Å²) in [5.41, 5.74) is -0.0391. The van der Waals surface area contributed by atoms with Gasteiger partial charge in [0.1, 0.15) is 5.75 Å². The minimum Gasteiger partial charge on any atom is -0.496 e. The SMILES string of the molecule is COc1ccc([N+](=O)[O-])cc1Cn1ccnc(Cl)c1=O. The molecule has 0 saturated carbocycles. The molecular formula is C12H10ClN3O4. The molecule has 1 aromatic heterocycles. The molecule has 0 saturated heterocycles. The third-order valence-corrected chi connectivity index (χ3v) is 2.95. The van der Waals surface area contributed by atoms with Gasteiger partial charge in [0.15, 0.2) is 5.15 Å². The second-order valence-corrected chi connectivity index (χ2v) is 4.26. The van der Waals surface area contributed by atoms with Gasteiger partial charge in [-0.25, -0.2) is 4.98 Å². The van der Waals surface area contributed by atoms with Crippen LogP contribution >= 0.6 is 11.6 Å². The predicted molar refractivity (Wildman–Crippen MR) is 72.3 cm³/mol. The molecule has 1 aromatic carbocycles. The topological polar surface area (TPSA) is 87.3 Å². The Hall–Kier alpha value is -2.41. The van der Waals surface area contributed by atoms with E-state index in [-0.39, 0.29) is 17.4 Å². The first-order chi connectivity index (χ1) is 9.52. The first kappa shape index (κ1) is 14.0. The monoisotopic (exact) mass is 295 g/mol. The summed E-state index contributed by atoms with van der Waals surface area (Å²) in [5.74, 6) is 0.454. The van der Waals surface area contributed by atoms with Crippen molar-refractivity contribution in [2.45, 2.75) is 6.54 Å². The Morgan fingerprint density at radius 2 is 2.25 bits per heavy atom. The molecule has 0 fully saturated rings. The summed E-state index contributed by atoms with van der Waals surface area (Å²) in [6.45, 7) is 0.103. The molecule has 0 N–H and O–H groups in total. The van der Waals surface area contributed by atoms with E-state index in [0.29, 0.717) is 11.3 Å². The molecular weight excluding hydrogens is 286 g/mol. The highest BCUT2D eigenvalue weighted by molar-refractivity contribution is 6.29. The molecule has 2 rings (SSSR count). The van der Waals surface area contributed by atoms with E-state index in [0.717, 1.165) is 0 Å². The molecule has 0 bridgehead atoms. The normalized spacial score (nSPS) is 10.3. The van der Waals surface area contributed by atoms with E-state index < -0.39 is 10.5 Å². The average Bonchev–Trinajstić information content (AvgIpc) is 2.43. The molecule has 8 heteroatoms. The van der Waals surface area contributed by atoms with Crippen molar-refractivity contribution in [3.05, 3.63) is 61.8 Å². The molecule has 7 nitrogen and oxygen atoms in total. The lowest BCUT2D eigenvalue weighted by Gasteiger charge is -2.10. The summed E-state index contributed by atoms with van der Waals surface area (Å²) in [6.07, 6.45) is 2.83. The largest absolute Gasteiger partial charge is 0.496 e. The predicted octanol–water partition coefficient (Wildman–Crippen LogP) is 1.86. The van der Waals surface area contributed by atoms with Gasteiger partial charge in [-0.15, -0.1) is 0 Å². The van der Waals surface area contributed by atoms with Gasteiger partial charge in [-0.2, -0.15) is 0 Å². The number of aromatic nitrogens is 2. The number of halogens is 1. The minimum absolute atomic E-state index is 0.0750. The molecule has 0 atom stereocenters. The lowest BCUT2D eigenvalue weighted by Crippen LogP contribution is -2.21. The fourth-order valence-electron chi connectivity index (χ4n) is 1.73. The number of nitro groups is 1. The Balaban J connectivity index is 2.46. The molecule has 0 aliphatic rings. The van der Waals surface area contributed by atoms with E-state index >= 15 is 0 Å². The van der Waals surface area contributed by atoms with Crippen LogP contribution in [0.15, 0.2) is 35.4 Å². The van der Waals surface area contributed by atoms with Crippen LogP contribution in [0.3, 0.4) is 0 Å². The van der Waals surface area contributed by atoms with Crippen LogP contribution < -0.4 is 10.3 Å².